The second-order valence-corrected chi connectivity index (χ2v) is 9.65. The number of Topliss-reactive ketones (excluding diaryl/α,β-unsaturated/α-hetero) is 1. The number of carbonyl (C=O) groups is 1. The van der Waals surface area contributed by atoms with Gasteiger partial charge in [0.15, 0.2) is 5.78 Å². The lowest BCUT2D eigenvalue weighted by molar-refractivity contribution is 0.0931. The highest BCUT2D eigenvalue weighted by atomic mass is 19.1. The summed E-state index contributed by atoms with van der Waals surface area (Å²) in [4.78, 5) is 12.6. The lowest BCUT2D eigenvalue weighted by atomic mass is 9.79. The lowest BCUT2D eigenvalue weighted by Crippen LogP contribution is -2.20. The lowest BCUT2D eigenvalue weighted by Gasteiger charge is -2.25. The van der Waals surface area contributed by atoms with Crippen LogP contribution in [0.4, 0.5) is 4.39 Å². The van der Waals surface area contributed by atoms with Gasteiger partial charge in [0.1, 0.15) is 11.6 Å². The molecule has 0 saturated carbocycles. The first-order valence-corrected chi connectivity index (χ1v) is 9.94. The highest BCUT2D eigenvalue weighted by Gasteiger charge is 2.24. The Labute approximate surface area is 169 Å². The maximum atomic E-state index is 13.1. The molecule has 0 aliphatic heterocycles. The molecule has 0 heterocycles. The molecule has 0 aliphatic carbocycles. The van der Waals surface area contributed by atoms with E-state index in [0.29, 0.717) is 12.0 Å². The molecule has 0 aromatic heterocycles. The van der Waals surface area contributed by atoms with E-state index < -0.39 is 0 Å². The number of rotatable bonds is 8. The van der Waals surface area contributed by atoms with Gasteiger partial charge in [0.2, 0.25) is 0 Å². The Morgan fingerprint density at radius 3 is 2.21 bits per heavy atom. The fourth-order valence-electron chi connectivity index (χ4n) is 3.43. The minimum absolute atomic E-state index is 0.0477. The Kier molecular flexibility index (Phi) is 7.03. The molecule has 0 radical (unpaired) electrons. The van der Waals surface area contributed by atoms with E-state index in [0.717, 1.165) is 25.0 Å². The van der Waals surface area contributed by atoms with Gasteiger partial charge in [-0.3, -0.25) is 4.79 Å². The van der Waals surface area contributed by atoms with E-state index in [-0.39, 0.29) is 22.4 Å². The molecule has 0 spiro atoms. The maximum absolute atomic E-state index is 13.1. The second-order valence-electron chi connectivity index (χ2n) is 9.65. The average Bonchev–Trinajstić information content (AvgIpc) is 2.59. The summed E-state index contributed by atoms with van der Waals surface area (Å²) < 4.78 is 18.6. The summed E-state index contributed by atoms with van der Waals surface area (Å²) in [5.74, 6) is 0.650. The summed E-state index contributed by atoms with van der Waals surface area (Å²) in [5.41, 5.74) is 3.07. The normalized spacial score (nSPS) is 12.1. The Morgan fingerprint density at radius 2 is 1.64 bits per heavy atom. The van der Waals surface area contributed by atoms with Crippen LogP contribution in [0.2, 0.25) is 0 Å². The van der Waals surface area contributed by atoms with Gasteiger partial charge in [0.05, 0.1) is 7.11 Å². The van der Waals surface area contributed by atoms with Gasteiger partial charge in [-0.1, -0.05) is 46.8 Å². The Morgan fingerprint density at radius 1 is 1.00 bits per heavy atom. The number of aryl methyl sites for hydroxylation is 1. The first-order valence-electron chi connectivity index (χ1n) is 9.94. The molecule has 0 N–H and O–H groups in total. The SMILES string of the molecule is COc1ccc(CC(C)(C)CC(=O)c2ccc(F)cc2)cc1CCC(C)(C)C. The standard InChI is InChI=1S/C25H33FO2/c1-24(2,3)14-13-20-15-18(7-12-23(20)28-6)16-25(4,5)17-22(27)19-8-10-21(26)11-9-19/h7-12,15H,13-14,16-17H2,1-6H3. The molecule has 28 heavy (non-hydrogen) atoms. The van der Waals surface area contributed by atoms with Gasteiger partial charge in [0, 0.05) is 12.0 Å². The summed E-state index contributed by atoms with van der Waals surface area (Å²) in [7, 11) is 1.71. The highest BCUT2D eigenvalue weighted by molar-refractivity contribution is 5.96. The van der Waals surface area contributed by atoms with Gasteiger partial charge in [-0.15, -0.1) is 0 Å². The van der Waals surface area contributed by atoms with Gasteiger partial charge in [-0.2, -0.15) is 0 Å². The minimum Gasteiger partial charge on any atom is -0.496 e. The molecule has 3 heteroatoms. The van der Waals surface area contributed by atoms with Crippen LogP contribution in [-0.2, 0) is 12.8 Å². The monoisotopic (exact) mass is 384 g/mol. The maximum Gasteiger partial charge on any atom is 0.163 e. The fourth-order valence-corrected chi connectivity index (χ4v) is 3.43. The molecule has 2 aromatic carbocycles. The Balaban J connectivity index is 2.11. The van der Waals surface area contributed by atoms with Crippen molar-refractivity contribution in [1.82, 2.24) is 0 Å². The van der Waals surface area contributed by atoms with Gasteiger partial charge in [-0.25, -0.2) is 4.39 Å². The van der Waals surface area contributed by atoms with Crippen molar-refractivity contribution in [1.29, 1.82) is 0 Å². The number of hydrogen-bond donors (Lipinski definition) is 0. The molecule has 0 saturated heterocycles. The van der Waals surface area contributed by atoms with Crippen molar-refractivity contribution in [2.24, 2.45) is 10.8 Å². The fraction of sp³-hybridized carbons (Fsp3) is 0.480. The van der Waals surface area contributed by atoms with E-state index >= 15 is 0 Å². The van der Waals surface area contributed by atoms with Crippen LogP contribution in [0, 0.1) is 16.6 Å². The quantitative estimate of drug-likeness (QED) is 0.476. The molecule has 2 rings (SSSR count). The molecule has 2 aromatic rings. The topological polar surface area (TPSA) is 26.3 Å². The zero-order valence-corrected chi connectivity index (χ0v) is 18.1. The van der Waals surface area contributed by atoms with E-state index in [1.54, 1.807) is 19.2 Å². The van der Waals surface area contributed by atoms with E-state index in [4.69, 9.17) is 4.74 Å². The zero-order chi connectivity index (χ0) is 20.9. The molecular weight excluding hydrogens is 351 g/mol. The van der Waals surface area contributed by atoms with Crippen LogP contribution in [0.5, 0.6) is 5.75 Å². The van der Waals surface area contributed by atoms with E-state index in [1.807, 2.05) is 6.07 Å². The highest BCUT2D eigenvalue weighted by Crippen LogP contribution is 2.32. The first kappa shape index (κ1) is 22.1. The smallest absolute Gasteiger partial charge is 0.163 e. The van der Waals surface area contributed by atoms with E-state index in [2.05, 4.69) is 46.8 Å². The van der Waals surface area contributed by atoms with Crippen molar-refractivity contribution in [2.45, 2.75) is 60.3 Å². The molecule has 0 unspecified atom stereocenters. The number of benzene rings is 2. The van der Waals surface area contributed by atoms with Crippen LogP contribution in [0.3, 0.4) is 0 Å². The van der Waals surface area contributed by atoms with Crippen molar-refractivity contribution in [2.75, 3.05) is 7.11 Å². The number of ether oxygens (including phenoxy) is 1. The van der Waals surface area contributed by atoms with Crippen LogP contribution >= 0.6 is 0 Å². The molecule has 0 aliphatic rings. The summed E-state index contributed by atoms with van der Waals surface area (Å²) in [5, 5.41) is 0. The predicted octanol–water partition coefficient (Wildman–Crippen LogP) is 6.65. The van der Waals surface area contributed by atoms with Crippen molar-refractivity contribution in [3.63, 3.8) is 0 Å². The summed E-state index contributed by atoms with van der Waals surface area (Å²) in [6, 6.07) is 12.1. The number of carbonyl (C=O) groups excluding carboxylic acids is 1. The largest absolute Gasteiger partial charge is 0.496 e. The van der Waals surface area contributed by atoms with Gasteiger partial charge in [-0.05, 0) is 71.6 Å². The number of ketones is 1. The molecular formula is C25H33FO2. The molecule has 0 bridgehead atoms. The van der Waals surface area contributed by atoms with Crippen molar-refractivity contribution in [3.05, 3.63) is 65.0 Å². The number of methoxy groups -OCH3 is 1. The van der Waals surface area contributed by atoms with Crippen molar-refractivity contribution >= 4 is 5.78 Å². The second kappa shape index (κ2) is 8.89. The Bertz CT molecular complexity index is 798. The third-order valence-electron chi connectivity index (χ3n) is 4.98. The molecule has 2 nitrogen and oxygen atoms in total. The van der Waals surface area contributed by atoms with E-state index in [1.165, 1.54) is 23.3 Å². The summed E-state index contributed by atoms with van der Waals surface area (Å²) >= 11 is 0. The third kappa shape index (κ3) is 6.78. The van der Waals surface area contributed by atoms with Crippen LogP contribution in [0.25, 0.3) is 0 Å². The number of halogens is 1. The van der Waals surface area contributed by atoms with Crippen molar-refractivity contribution in [3.8, 4) is 5.75 Å². The van der Waals surface area contributed by atoms with Crippen LogP contribution in [0.15, 0.2) is 42.5 Å². The van der Waals surface area contributed by atoms with Crippen LogP contribution < -0.4 is 4.74 Å². The molecule has 152 valence electrons. The predicted molar refractivity (Wildman–Crippen MR) is 114 cm³/mol. The molecule has 0 atom stereocenters. The summed E-state index contributed by atoms with van der Waals surface area (Å²) in [6.07, 6.45) is 3.27. The van der Waals surface area contributed by atoms with E-state index in [9.17, 15) is 9.18 Å². The third-order valence-corrected chi connectivity index (χ3v) is 4.98. The Hall–Kier alpha value is -2.16. The summed E-state index contributed by atoms with van der Waals surface area (Å²) in [6.45, 7) is 10.9. The van der Waals surface area contributed by atoms with Crippen molar-refractivity contribution < 1.29 is 13.9 Å². The molecule has 0 amide bonds. The molecule has 0 fully saturated rings. The van der Waals surface area contributed by atoms with Crippen LogP contribution in [-0.4, -0.2) is 12.9 Å². The zero-order valence-electron chi connectivity index (χ0n) is 18.1. The number of hydrogen-bond acceptors (Lipinski definition) is 2. The van der Waals surface area contributed by atoms with Gasteiger partial charge >= 0.3 is 0 Å². The van der Waals surface area contributed by atoms with Gasteiger partial charge < -0.3 is 4.74 Å². The average molecular weight is 385 g/mol. The first-order chi connectivity index (χ1) is 13.0. The van der Waals surface area contributed by atoms with Gasteiger partial charge in [0.25, 0.3) is 0 Å². The minimum atomic E-state index is -0.322. The van der Waals surface area contributed by atoms with Crippen LogP contribution in [0.1, 0.15) is 68.9 Å².